The van der Waals surface area contributed by atoms with E-state index in [4.69, 9.17) is 20.1 Å². The smallest absolute Gasteiger partial charge is 0.336 e. The highest BCUT2D eigenvalue weighted by Gasteiger charge is 2.18. The van der Waals surface area contributed by atoms with Crippen LogP contribution in [-0.2, 0) is 9.47 Å². The molecule has 8 nitrogen and oxygen atoms in total. The molecule has 3 N–H and O–H groups in total. The second-order valence-corrected chi connectivity index (χ2v) is 4.43. The van der Waals surface area contributed by atoms with Gasteiger partial charge in [-0.25, -0.2) is 14.4 Å². The molecule has 0 bridgehead atoms. The standard InChI is InChI=1S/C9H6O6.C3H6O.C2H4O/c10-7(11)4-1-2-5(8(12)13)6(3-4)9(14)15;1-3-2-4-3;1-2-3-1/h1-3H,(H,10,11)(H,12,13)(H,14,15);3H,2H2,1H3;1-2H2. The Hall–Kier alpha value is -2.45. The maximum Gasteiger partial charge on any atom is 0.336 e. The van der Waals surface area contributed by atoms with Gasteiger partial charge >= 0.3 is 17.9 Å². The van der Waals surface area contributed by atoms with Gasteiger partial charge in [-0.05, 0) is 25.1 Å². The number of carboxylic acids is 3. The van der Waals surface area contributed by atoms with E-state index in [0.717, 1.165) is 38.0 Å². The van der Waals surface area contributed by atoms with E-state index in [1.807, 2.05) is 0 Å². The molecular weight excluding hydrogens is 296 g/mol. The first-order chi connectivity index (χ1) is 10.3. The largest absolute Gasteiger partial charge is 0.478 e. The predicted octanol–water partition coefficient (Wildman–Crippen LogP) is 1.20. The zero-order chi connectivity index (χ0) is 16.7. The van der Waals surface area contributed by atoms with Gasteiger partial charge in [0.15, 0.2) is 0 Å². The first-order valence-electron chi connectivity index (χ1n) is 6.36. The first-order valence-corrected chi connectivity index (χ1v) is 6.36. The van der Waals surface area contributed by atoms with E-state index in [0.29, 0.717) is 6.10 Å². The average Bonchev–Trinajstić information content (AvgIpc) is 3.32. The highest BCUT2D eigenvalue weighted by molar-refractivity contribution is 6.03. The van der Waals surface area contributed by atoms with Crippen molar-refractivity contribution in [3.05, 3.63) is 34.9 Å². The quantitative estimate of drug-likeness (QED) is 0.708. The summed E-state index contributed by atoms with van der Waals surface area (Å²) in [6.07, 6.45) is 0.583. The van der Waals surface area contributed by atoms with Crippen LogP contribution in [0.2, 0.25) is 0 Å². The van der Waals surface area contributed by atoms with E-state index in [1.54, 1.807) is 0 Å². The van der Waals surface area contributed by atoms with Crippen molar-refractivity contribution in [1.82, 2.24) is 0 Å². The Balaban J connectivity index is 0.000000278. The number of hydrogen-bond acceptors (Lipinski definition) is 5. The third-order valence-corrected chi connectivity index (χ3v) is 2.43. The lowest BCUT2D eigenvalue weighted by atomic mass is 10.0. The Morgan fingerprint density at radius 1 is 1.00 bits per heavy atom. The lowest BCUT2D eigenvalue weighted by molar-refractivity contribution is 0.0649. The third-order valence-electron chi connectivity index (χ3n) is 2.43. The lowest BCUT2D eigenvalue weighted by Gasteiger charge is -2.02. The molecule has 2 heterocycles. The normalized spacial score (nSPS) is 17.0. The van der Waals surface area contributed by atoms with Crippen molar-refractivity contribution in [3.8, 4) is 0 Å². The summed E-state index contributed by atoms with van der Waals surface area (Å²) < 4.78 is 9.21. The van der Waals surface area contributed by atoms with Crippen molar-refractivity contribution in [3.63, 3.8) is 0 Å². The predicted molar refractivity (Wildman–Crippen MR) is 73.6 cm³/mol. The summed E-state index contributed by atoms with van der Waals surface area (Å²) in [5, 5.41) is 25.9. The van der Waals surface area contributed by atoms with Gasteiger partial charge in [0.2, 0.25) is 0 Å². The molecule has 0 aromatic heterocycles. The molecule has 0 saturated carbocycles. The van der Waals surface area contributed by atoms with Crippen molar-refractivity contribution < 1.29 is 39.2 Å². The molecule has 0 amide bonds. The maximum absolute atomic E-state index is 10.6. The highest BCUT2D eigenvalue weighted by Crippen LogP contribution is 2.12. The number of epoxide rings is 2. The van der Waals surface area contributed by atoms with E-state index in [2.05, 4.69) is 11.7 Å². The van der Waals surface area contributed by atoms with Gasteiger partial charge in [0, 0.05) is 0 Å². The Morgan fingerprint density at radius 3 is 1.73 bits per heavy atom. The number of rotatable bonds is 3. The van der Waals surface area contributed by atoms with Crippen LogP contribution < -0.4 is 0 Å². The zero-order valence-electron chi connectivity index (χ0n) is 11.8. The molecule has 8 heteroatoms. The molecule has 120 valence electrons. The summed E-state index contributed by atoms with van der Waals surface area (Å²) in [6.45, 7) is 5.04. The molecule has 0 radical (unpaired) electrons. The second-order valence-electron chi connectivity index (χ2n) is 4.43. The van der Waals surface area contributed by atoms with Gasteiger partial charge in [-0.15, -0.1) is 0 Å². The molecule has 2 aliphatic heterocycles. The Morgan fingerprint density at radius 2 is 1.45 bits per heavy atom. The summed E-state index contributed by atoms with van der Waals surface area (Å²) in [6, 6.07) is 2.81. The van der Waals surface area contributed by atoms with Gasteiger partial charge in [0.25, 0.3) is 0 Å². The van der Waals surface area contributed by atoms with Crippen LogP contribution >= 0.6 is 0 Å². The molecule has 0 spiro atoms. The van der Waals surface area contributed by atoms with Crippen LogP contribution in [0.4, 0.5) is 0 Å². The van der Waals surface area contributed by atoms with Gasteiger partial charge in [-0.2, -0.15) is 0 Å². The van der Waals surface area contributed by atoms with Crippen LogP contribution in [0.15, 0.2) is 18.2 Å². The lowest BCUT2D eigenvalue weighted by Crippen LogP contribution is -2.10. The Bertz CT molecular complexity index is 557. The van der Waals surface area contributed by atoms with Gasteiger partial charge in [0.1, 0.15) is 0 Å². The fraction of sp³-hybridized carbons (Fsp3) is 0.357. The highest BCUT2D eigenvalue weighted by atomic mass is 16.6. The molecule has 0 aliphatic carbocycles. The number of carbonyl (C=O) groups is 3. The molecule has 1 atom stereocenters. The molecule has 22 heavy (non-hydrogen) atoms. The van der Waals surface area contributed by atoms with Crippen molar-refractivity contribution in [2.24, 2.45) is 0 Å². The summed E-state index contributed by atoms with van der Waals surface area (Å²) in [7, 11) is 0. The fourth-order valence-corrected chi connectivity index (χ4v) is 1.14. The number of ether oxygens (including phenoxy) is 2. The summed E-state index contributed by atoms with van der Waals surface area (Å²) in [5.41, 5.74) is -1.24. The second kappa shape index (κ2) is 8.11. The van der Waals surface area contributed by atoms with Gasteiger partial charge < -0.3 is 24.8 Å². The van der Waals surface area contributed by atoms with E-state index in [1.165, 1.54) is 0 Å². The monoisotopic (exact) mass is 312 g/mol. The summed E-state index contributed by atoms with van der Waals surface area (Å²) >= 11 is 0. The molecule has 1 unspecified atom stereocenters. The molecular formula is C14H16O8. The van der Waals surface area contributed by atoms with E-state index in [9.17, 15) is 14.4 Å². The van der Waals surface area contributed by atoms with E-state index in [-0.39, 0.29) is 5.56 Å². The molecule has 3 rings (SSSR count). The minimum atomic E-state index is -1.48. The molecule has 2 aliphatic rings. The van der Waals surface area contributed by atoms with Crippen molar-refractivity contribution in [2.45, 2.75) is 13.0 Å². The number of benzene rings is 1. The minimum absolute atomic E-state index is 0.266. The zero-order valence-corrected chi connectivity index (χ0v) is 11.8. The average molecular weight is 312 g/mol. The van der Waals surface area contributed by atoms with Gasteiger partial charge in [-0.3, -0.25) is 0 Å². The van der Waals surface area contributed by atoms with E-state index >= 15 is 0 Å². The van der Waals surface area contributed by atoms with Crippen molar-refractivity contribution in [1.29, 1.82) is 0 Å². The Labute approximate surface area is 125 Å². The van der Waals surface area contributed by atoms with Gasteiger partial charge in [0.05, 0.1) is 42.6 Å². The van der Waals surface area contributed by atoms with Crippen LogP contribution in [0.3, 0.4) is 0 Å². The van der Waals surface area contributed by atoms with Crippen LogP contribution in [0.1, 0.15) is 38.0 Å². The summed E-state index contributed by atoms with van der Waals surface area (Å²) in [4.78, 5) is 31.8. The molecule has 1 aromatic carbocycles. The van der Waals surface area contributed by atoms with Crippen LogP contribution in [-0.4, -0.2) is 59.2 Å². The number of aromatic carboxylic acids is 3. The third kappa shape index (κ3) is 6.82. The molecule has 2 fully saturated rings. The van der Waals surface area contributed by atoms with Crippen molar-refractivity contribution >= 4 is 17.9 Å². The summed E-state index contributed by atoms with van der Waals surface area (Å²) in [5.74, 6) is -4.20. The molecule has 1 aromatic rings. The number of hydrogen-bond donors (Lipinski definition) is 3. The SMILES string of the molecule is C1CO1.CC1CO1.O=C(O)c1ccc(C(=O)O)c(C(=O)O)c1. The van der Waals surface area contributed by atoms with Crippen molar-refractivity contribution in [2.75, 3.05) is 19.8 Å². The topological polar surface area (TPSA) is 137 Å². The van der Waals surface area contributed by atoms with Crippen LogP contribution in [0.25, 0.3) is 0 Å². The van der Waals surface area contributed by atoms with Gasteiger partial charge in [-0.1, -0.05) is 0 Å². The number of carboxylic acid groups (broad SMARTS) is 3. The van der Waals surface area contributed by atoms with E-state index < -0.39 is 29.0 Å². The van der Waals surface area contributed by atoms with Crippen LogP contribution in [0.5, 0.6) is 0 Å². The molecule has 2 saturated heterocycles. The van der Waals surface area contributed by atoms with Crippen LogP contribution in [0, 0.1) is 0 Å². The Kier molecular flexibility index (Phi) is 6.48. The first kappa shape index (κ1) is 17.6. The fourth-order valence-electron chi connectivity index (χ4n) is 1.14. The minimum Gasteiger partial charge on any atom is -0.478 e. The maximum atomic E-state index is 10.6.